The van der Waals surface area contributed by atoms with Crippen LogP contribution in [0.3, 0.4) is 0 Å². The molecule has 0 spiro atoms. The number of hydrogen-bond acceptors (Lipinski definition) is 4. The average Bonchev–Trinajstić information content (AvgIpc) is 2.46. The summed E-state index contributed by atoms with van der Waals surface area (Å²) >= 11 is 2.21. The molecule has 0 aromatic heterocycles. The second kappa shape index (κ2) is 7.91. The molecule has 0 atom stereocenters. The van der Waals surface area contributed by atoms with E-state index < -0.39 is 10.0 Å². The summed E-state index contributed by atoms with van der Waals surface area (Å²) in [5.41, 5.74) is 0.800. The molecule has 1 fully saturated rings. The Hall–Kier alpha value is -0.710. The van der Waals surface area contributed by atoms with Crippen molar-refractivity contribution < 1.29 is 13.2 Å². The molecule has 6 nitrogen and oxygen atoms in total. The van der Waals surface area contributed by atoms with Gasteiger partial charge in [0.25, 0.3) is 0 Å². The zero-order chi connectivity index (χ0) is 17.0. The first-order valence-corrected chi connectivity index (χ1v) is 10.4. The molecule has 0 saturated carbocycles. The lowest BCUT2D eigenvalue weighted by Gasteiger charge is -2.35. The molecule has 1 aromatic carbocycles. The molecule has 23 heavy (non-hydrogen) atoms. The van der Waals surface area contributed by atoms with E-state index in [0.717, 1.165) is 35.2 Å². The lowest BCUT2D eigenvalue weighted by Crippen LogP contribution is -2.47. The van der Waals surface area contributed by atoms with E-state index in [9.17, 15) is 13.2 Å². The highest BCUT2D eigenvalue weighted by molar-refractivity contribution is 14.1. The number of piperidine rings is 1. The van der Waals surface area contributed by atoms with Crippen molar-refractivity contribution in [2.45, 2.75) is 18.9 Å². The van der Waals surface area contributed by atoms with E-state index in [4.69, 9.17) is 0 Å². The molecule has 0 aliphatic carbocycles. The maximum absolute atomic E-state index is 12.1. The second-order valence-corrected chi connectivity index (χ2v) is 9.13. The monoisotopic (exact) mass is 451 g/mol. The van der Waals surface area contributed by atoms with Crippen LogP contribution in [-0.2, 0) is 14.8 Å². The smallest absolute Gasteiger partial charge is 0.238 e. The third-order valence-electron chi connectivity index (χ3n) is 4.07. The van der Waals surface area contributed by atoms with E-state index in [2.05, 4.69) is 32.8 Å². The van der Waals surface area contributed by atoms with Gasteiger partial charge in [-0.1, -0.05) is 6.07 Å². The lowest BCUT2D eigenvalue weighted by molar-refractivity contribution is -0.117. The van der Waals surface area contributed by atoms with Gasteiger partial charge in [-0.25, -0.2) is 12.7 Å². The molecule has 1 aromatic rings. The number of likely N-dealkylation sites (tertiary alicyclic amines) is 1. The number of hydrogen-bond donors (Lipinski definition) is 1. The Labute approximate surface area is 151 Å². The van der Waals surface area contributed by atoms with Crippen molar-refractivity contribution in [3.63, 3.8) is 0 Å². The zero-order valence-electron chi connectivity index (χ0n) is 13.3. The van der Waals surface area contributed by atoms with Crippen LogP contribution in [-0.4, -0.2) is 62.5 Å². The normalized spacial score (nSPS) is 17.4. The predicted molar refractivity (Wildman–Crippen MR) is 99.9 cm³/mol. The molecule has 1 heterocycles. The third kappa shape index (κ3) is 5.70. The molecule has 1 N–H and O–H groups in total. The van der Waals surface area contributed by atoms with Crippen LogP contribution in [0, 0.1) is 3.57 Å². The van der Waals surface area contributed by atoms with Gasteiger partial charge < -0.3 is 5.32 Å². The number of carbonyl (C=O) groups is 1. The fourth-order valence-electron chi connectivity index (χ4n) is 2.68. The number of nitrogens with zero attached hydrogens (tertiary/aromatic N) is 2. The zero-order valence-corrected chi connectivity index (χ0v) is 16.3. The third-order valence-corrected chi connectivity index (χ3v) is 6.09. The van der Waals surface area contributed by atoms with Crippen molar-refractivity contribution in [3.8, 4) is 0 Å². The Morgan fingerprint density at radius 1 is 1.39 bits per heavy atom. The maximum atomic E-state index is 12.1. The number of sulfonamides is 1. The fraction of sp³-hybridized carbons (Fsp3) is 0.533. The summed E-state index contributed by atoms with van der Waals surface area (Å²) in [6.07, 6.45) is 2.73. The molecule has 8 heteroatoms. The number of halogens is 1. The minimum atomic E-state index is -3.15. The van der Waals surface area contributed by atoms with Crippen molar-refractivity contribution in [1.82, 2.24) is 9.21 Å². The van der Waals surface area contributed by atoms with E-state index in [-0.39, 0.29) is 11.9 Å². The summed E-state index contributed by atoms with van der Waals surface area (Å²) in [6, 6.07) is 7.70. The largest absolute Gasteiger partial charge is 0.325 e. The van der Waals surface area contributed by atoms with Gasteiger partial charge in [0.1, 0.15) is 0 Å². The summed E-state index contributed by atoms with van der Waals surface area (Å²) in [5, 5.41) is 2.90. The fourth-order valence-corrected chi connectivity index (χ4v) is 3.98. The molecule has 0 bridgehead atoms. The summed E-state index contributed by atoms with van der Waals surface area (Å²) in [6.45, 7) is 1.79. The van der Waals surface area contributed by atoms with Crippen LogP contribution in [0.25, 0.3) is 0 Å². The van der Waals surface area contributed by atoms with Crippen LogP contribution < -0.4 is 5.32 Å². The number of benzene rings is 1. The van der Waals surface area contributed by atoms with E-state index >= 15 is 0 Å². The Balaban J connectivity index is 1.81. The second-order valence-electron chi connectivity index (χ2n) is 5.85. The molecule has 1 aliphatic heterocycles. The van der Waals surface area contributed by atoms with E-state index in [1.54, 1.807) is 7.05 Å². The minimum absolute atomic E-state index is 0.0278. The molecule has 0 unspecified atom stereocenters. The topological polar surface area (TPSA) is 69.7 Å². The van der Waals surface area contributed by atoms with E-state index in [0.29, 0.717) is 6.54 Å². The van der Waals surface area contributed by atoms with Crippen molar-refractivity contribution in [2.75, 3.05) is 38.3 Å². The first-order chi connectivity index (χ1) is 10.8. The number of carbonyl (C=O) groups excluding carboxylic acids is 1. The van der Waals surface area contributed by atoms with Crippen molar-refractivity contribution in [3.05, 3.63) is 27.8 Å². The van der Waals surface area contributed by atoms with Crippen LogP contribution >= 0.6 is 22.6 Å². The number of rotatable bonds is 5. The highest BCUT2D eigenvalue weighted by Crippen LogP contribution is 2.18. The highest BCUT2D eigenvalue weighted by atomic mass is 127. The molecular weight excluding hydrogens is 429 g/mol. The molecule has 1 saturated heterocycles. The van der Waals surface area contributed by atoms with Crippen LogP contribution in [0.5, 0.6) is 0 Å². The first kappa shape index (κ1) is 18.6. The van der Waals surface area contributed by atoms with Gasteiger partial charge in [0, 0.05) is 35.4 Å². The van der Waals surface area contributed by atoms with Gasteiger partial charge in [-0.05, 0) is 53.6 Å². The molecule has 1 amide bonds. The van der Waals surface area contributed by atoms with Gasteiger partial charge in [-0.3, -0.25) is 9.69 Å². The Bertz CT molecular complexity index is 658. The molecule has 2 rings (SSSR count). The van der Waals surface area contributed by atoms with Crippen molar-refractivity contribution in [1.29, 1.82) is 0 Å². The van der Waals surface area contributed by atoms with Gasteiger partial charge in [0.15, 0.2) is 0 Å². The Morgan fingerprint density at radius 3 is 2.61 bits per heavy atom. The van der Waals surface area contributed by atoms with Gasteiger partial charge in [-0.15, -0.1) is 0 Å². The maximum Gasteiger partial charge on any atom is 0.238 e. The average molecular weight is 451 g/mol. The van der Waals surface area contributed by atoms with Gasteiger partial charge in [0.05, 0.1) is 12.8 Å². The number of anilines is 1. The van der Waals surface area contributed by atoms with E-state index in [1.807, 2.05) is 24.3 Å². The van der Waals surface area contributed by atoms with Crippen LogP contribution in [0.1, 0.15) is 12.8 Å². The van der Waals surface area contributed by atoms with Gasteiger partial charge in [-0.2, -0.15) is 0 Å². The molecule has 1 aliphatic rings. The summed E-state index contributed by atoms with van der Waals surface area (Å²) in [4.78, 5) is 14.2. The van der Waals surface area contributed by atoms with Crippen molar-refractivity contribution >= 4 is 44.2 Å². The quantitative estimate of drug-likeness (QED) is 0.691. The SMILES string of the molecule is CN(C1CCN(CC(=O)Nc2cccc(I)c2)CC1)S(C)(=O)=O. The summed E-state index contributed by atoms with van der Waals surface area (Å²) < 4.78 is 25.7. The summed E-state index contributed by atoms with van der Waals surface area (Å²) in [5.74, 6) is -0.0399. The van der Waals surface area contributed by atoms with Gasteiger partial charge in [0.2, 0.25) is 15.9 Å². The van der Waals surface area contributed by atoms with Gasteiger partial charge >= 0.3 is 0 Å². The first-order valence-electron chi connectivity index (χ1n) is 7.46. The van der Waals surface area contributed by atoms with Crippen LogP contribution in [0.2, 0.25) is 0 Å². The Morgan fingerprint density at radius 2 is 2.04 bits per heavy atom. The van der Waals surface area contributed by atoms with E-state index in [1.165, 1.54) is 10.6 Å². The standard InChI is InChI=1S/C15H22IN3O3S/c1-18(23(2,21)22)14-6-8-19(9-7-14)11-15(20)17-13-5-3-4-12(16)10-13/h3-5,10,14H,6-9,11H2,1-2H3,(H,17,20). The van der Waals surface area contributed by atoms with Crippen molar-refractivity contribution in [2.24, 2.45) is 0 Å². The number of nitrogens with one attached hydrogen (secondary N) is 1. The van der Waals surface area contributed by atoms with Crippen LogP contribution in [0.15, 0.2) is 24.3 Å². The predicted octanol–water partition coefficient (Wildman–Crippen LogP) is 1.59. The molecular formula is C15H22IN3O3S. The molecule has 128 valence electrons. The van der Waals surface area contributed by atoms with Crippen LogP contribution in [0.4, 0.5) is 5.69 Å². The molecule has 0 radical (unpaired) electrons. The summed E-state index contributed by atoms with van der Waals surface area (Å²) in [7, 11) is -1.53. The minimum Gasteiger partial charge on any atom is -0.325 e. The highest BCUT2D eigenvalue weighted by Gasteiger charge is 2.27. The number of amides is 1. The lowest BCUT2D eigenvalue weighted by atomic mass is 10.1. The Kier molecular flexibility index (Phi) is 6.40.